The molecule has 4 nitrogen and oxygen atoms in total. The van der Waals surface area contributed by atoms with Crippen molar-refractivity contribution in [1.82, 2.24) is 9.97 Å². The molecule has 0 saturated carbocycles. The summed E-state index contributed by atoms with van der Waals surface area (Å²) in [6.45, 7) is 1.78. The van der Waals surface area contributed by atoms with Gasteiger partial charge in [0, 0.05) is 12.1 Å². The van der Waals surface area contributed by atoms with Crippen LogP contribution in [0, 0.1) is 18.6 Å². The van der Waals surface area contributed by atoms with Crippen LogP contribution in [-0.4, -0.2) is 15.8 Å². The van der Waals surface area contributed by atoms with E-state index in [1.165, 1.54) is 24.3 Å². The van der Waals surface area contributed by atoms with Crippen LogP contribution in [0.4, 0.5) is 20.4 Å². The zero-order valence-corrected chi connectivity index (χ0v) is 14.7. The molecule has 0 radical (unpaired) electrons. The van der Waals surface area contributed by atoms with E-state index in [9.17, 15) is 13.6 Å². The Hall–Kier alpha value is -3.15. The number of Topliss-reactive ketones (excluding diaryl/α,β-unsaturated/α-hetero) is 1. The highest BCUT2D eigenvalue weighted by Gasteiger charge is 2.29. The van der Waals surface area contributed by atoms with E-state index in [-0.39, 0.29) is 23.3 Å². The number of aromatic nitrogens is 2. The second kappa shape index (κ2) is 6.87. The first-order valence-corrected chi connectivity index (χ1v) is 8.68. The second-order valence-corrected chi connectivity index (χ2v) is 6.67. The Kier molecular flexibility index (Phi) is 4.39. The number of ketones is 1. The van der Waals surface area contributed by atoms with E-state index in [1.54, 1.807) is 31.2 Å². The maximum absolute atomic E-state index is 13.2. The molecule has 1 aliphatic rings. The van der Waals surface area contributed by atoms with E-state index >= 15 is 0 Å². The van der Waals surface area contributed by atoms with Crippen LogP contribution in [0.2, 0.25) is 0 Å². The molecule has 0 aliphatic heterocycles. The molecule has 27 heavy (non-hydrogen) atoms. The van der Waals surface area contributed by atoms with Gasteiger partial charge in [0.1, 0.15) is 11.6 Å². The molecule has 1 aliphatic carbocycles. The van der Waals surface area contributed by atoms with Crippen LogP contribution >= 0.6 is 0 Å². The first-order chi connectivity index (χ1) is 13.0. The molecule has 1 N–H and O–H groups in total. The van der Waals surface area contributed by atoms with Crippen LogP contribution in [0.5, 0.6) is 0 Å². The van der Waals surface area contributed by atoms with Gasteiger partial charge in [0.15, 0.2) is 5.78 Å². The van der Waals surface area contributed by atoms with E-state index in [4.69, 9.17) is 0 Å². The summed E-state index contributed by atoms with van der Waals surface area (Å²) in [5.41, 5.74) is 3.44. The Bertz CT molecular complexity index is 1000. The van der Waals surface area contributed by atoms with Gasteiger partial charge in [0.25, 0.3) is 0 Å². The molecule has 1 aromatic heterocycles. The molecule has 3 aromatic rings. The lowest BCUT2D eigenvalue weighted by Crippen LogP contribution is -2.22. The average Bonchev–Trinajstić information content (AvgIpc) is 2.63. The fraction of sp³-hybridized carbons (Fsp3) is 0.190. The first kappa shape index (κ1) is 17.3. The third-order valence-electron chi connectivity index (χ3n) is 4.76. The van der Waals surface area contributed by atoms with Gasteiger partial charge in [-0.15, -0.1) is 0 Å². The summed E-state index contributed by atoms with van der Waals surface area (Å²) >= 11 is 0. The monoisotopic (exact) mass is 365 g/mol. The number of carbonyl (C=O) groups excluding carboxylic acids is 1. The Balaban J connectivity index is 1.65. The maximum Gasteiger partial charge on any atom is 0.227 e. The summed E-state index contributed by atoms with van der Waals surface area (Å²) in [5, 5.41) is 3.05. The van der Waals surface area contributed by atoms with E-state index in [0.717, 1.165) is 5.56 Å². The number of nitrogens with one attached hydrogen (secondary N) is 1. The summed E-state index contributed by atoms with van der Waals surface area (Å²) in [6.07, 6.45) is 0.932. The highest BCUT2D eigenvalue weighted by molar-refractivity contribution is 5.99. The van der Waals surface area contributed by atoms with E-state index in [2.05, 4.69) is 15.3 Å². The van der Waals surface area contributed by atoms with E-state index in [1.807, 2.05) is 0 Å². The van der Waals surface area contributed by atoms with E-state index < -0.39 is 0 Å². The smallest absolute Gasteiger partial charge is 0.227 e. The minimum absolute atomic E-state index is 0.00333. The van der Waals surface area contributed by atoms with Crippen molar-refractivity contribution in [2.45, 2.75) is 25.7 Å². The van der Waals surface area contributed by atoms with Gasteiger partial charge in [-0.3, -0.25) is 4.79 Å². The highest BCUT2D eigenvalue weighted by Crippen LogP contribution is 2.33. The van der Waals surface area contributed by atoms with Gasteiger partial charge >= 0.3 is 0 Å². The van der Waals surface area contributed by atoms with Crippen LogP contribution in [0.15, 0.2) is 48.5 Å². The average molecular weight is 365 g/mol. The van der Waals surface area contributed by atoms with Crippen LogP contribution < -0.4 is 5.32 Å². The molecule has 136 valence electrons. The zero-order valence-electron chi connectivity index (χ0n) is 14.7. The van der Waals surface area contributed by atoms with Crippen molar-refractivity contribution in [3.63, 3.8) is 0 Å². The third-order valence-corrected chi connectivity index (χ3v) is 4.76. The number of nitrogens with zero attached hydrogens (tertiary/aromatic N) is 2. The number of hydrogen-bond donors (Lipinski definition) is 1. The number of hydrogen-bond acceptors (Lipinski definition) is 4. The van der Waals surface area contributed by atoms with Gasteiger partial charge in [-0.25, -0.2) is 18.7 Å². The summed E-state index contributed by atoms with van der Waals surface area (Å²) in [7, 11) is 0. The molecule has 0 spiro atoms. The number of halogens is 2. The molecule has 4 rings (SSSR count). The fourth-order valence-electron chi connectivity index (χ4n) is 3.46. The summed E-state index contributed by atoms with van der Waals surface area (Å²) in [5.74, 6) is -0.304. The quantitative estimate of drug-likeness (QED) is 0.730. The minimum Gasteiger partial charge on any atom is -0.324 e. The minimum atomic E-state index is -0.323. The Morgan fingerprint density at radius 1 is 0.926 bits per heavy atom. The molecule has 0 fully saturated rings. The number of aryl methyl sites for hydroxylation is 1. The molecule has 2 aromatic carbocycles. The molecule has 6 heteroatoms. The number of rotatable bonds is 3. The van der Waals surface area contributed by atoms with Gasteiger partial charge in [0.05, 0.1) is 17.0 Å². The van der Waals surface area contributed by atoms with Crippen molar-refractivity contribution >= 4 is 17.4 Å². The van der Waals surface area contributed by atoms with Crippen LogP contribution in [-0.2, 0) is 6.42 Å². The number of benzene rings is 2. The van der Waals surface area contributed by atoms with E-state index in [0.29, 0.717) is 41.4 Å². The van der Waals surface area contributed by atoms with Crippen molar-refractivity contribution in [2.75, 3.05) is 5.32 Å². The normalized spacial score (nSPS) is 16.1. The Morgan fingerprint density at radius 2 is 1.56 bits per heavy atom. The molecular formula is C21H17F2N3O. The highest BCUT2D eigenvalue weighted by atomic mass is 19.1. The van der Waals surface area contributed by atoms with Gasteiger partial charge < -0.3 is 5.32 Å². The summed E-state index contributed by atoms with van der Waals surface area (Å²) in [6, 6.07) is 12.1. The predicted molar refractivity (Wildman–Crippen MR) is 98.2 cm³/mol. The number of anilines is 2. The number of fused-ring (bicyclic) bond motifs is 1. The van der Waals surface area contributed by atoms with Crippen molar-refractivity contribution in [3.05, 3.63) is 82.7 Å². The third kappa shape index (κ3) is 3.56. The lowest BCUT2D eigenvalue weighted by Gasteiger charge is -2.24. The predicted octanol–water partition coefficient (Wildman–Crippen LogP) is 4.72. The zero-order chi connectivity index (χ0) is 19.0. The molecule has 0 saturated heterocycles. The van der Waals surface area contributed by atoms with Gasteiger partial charge in [-0.1, -0.05) is 12.1 Å². The SMILES string of the molecule is Cc1nc(Nc2ccc(F)cc2)nc2c1C(=O)CC(c1ccc(F)cc1)C2. The lowest BCUT2D eigenvalue weighted by atomic mass is 9.81. The molecule has 1 atom stereocenters. The summed E-state index contributed by atoms with van der Waals surface area (Å²) in [4.78, 5) is 21.6. The fourth-order valence-corrected chi connectivity index (χ4v) is 3.46. The second-order valence-electron chi connectivity index (χ2n) is 6.67. The lowest BCUT2D eigenvalue weighted by molar-refractivity contribution is 0.0962. The van der Waals surface area contributed by atoms with Crippen LogP contribution in [0.1, 0.15) is 39.6 Å². The molecule has 0 bridgehead atoms. The topological polar surface area (TPSA) is 54.9 Å². The van der Waals surface area contributed by atoms with Crippen LogP contribution in [0.25, 0.3) is 0 Å². The van der Waals surface area contributed by atoms with Crippen molar-refractivity contribution in [1.29, 1.82) is 0 Å². The van der Waals surface area contributed by atoms with Crippen LogP contribution in [0.3, 0.4) is 0 Å². The van der Waals surface area contributed by atoms with Crippen molar-refractivity contribution in [2.24, 2.45) is 0 Å². The molecule has 1 heterocycles. The maximum atomic E-state index is 13.2. The van der Waals surface area contributed by atoms with Crippen molar-refractivity contribution in [3.8, 4) is 0 Å². The van der Waals surface area contributed by atoms with Gasteiger partial charge in [-0.2, -0.15) is 0 Å². The Labute approximate surface area is 155 Å². The summed E-state index contributed by atoms with van der Waals surface area (Å²) < 4.78 is 26.3. The number of carbonyl (C=O) groups is 1. The van der Waals surface area contributed by atoms with Gasteiger partial charge in [0.2, 0.25) is 5.95 Å². The molecular weight excluding hydrogens is 348 g/mol. The molecule has 0 amide bonds. The standard InChI is InChI=1S/C21H17F2N3O/c1-12-20-18(26-21(24-12)25-17-8-6-16(23)7-9-17)10-14(11-19(20)27)13-2-4-15(22)5-3-13/h2-9,14H,10-11H2,1H3,(H,24,25,26). The Morgan fingerprint density at radius 3 is 2.22 bits per heavy atom. The van der Waals surface area contributed by atoms with Gasteiger partial charge in [-0.05, 0) is 61.2 Å². The largest absolute Gasteiger partial charge is 0.324 e. The first-order valence-electron chi connectivity index (χ1n) is 8.68. The van der Waals surface area contributed by atoms with Crippen molar-refractivity contribution < 1.29 is 13.6 Å². The molecule has 1 unspecified atom stereocenters.